The Bertz CT molecular complexity index is 1090. The van der Waals surface area contributed by atoms with Crippen molar-refractivity contribution in [2.45, 2.75) is 25.7 Å². The number of amides is 1. The van der Waals surface area contributed by atoms with Crippen LogP contribution in [0.1, 0.15) is 51.3 Å². The molecule has 2 aromatic rings. The van der Waals surface area contributed by atoms with Crippen LogP contribution in [0.3, 0.4) is 0 Å². The predicted octanol–water partition coefficient (Wildman–Crippen LogP) is 2.50. The number of hydrogen-bond acceptors (Lipinski definition) is 5. The van der Waals surface area contributed by atoms with Gasteiger partial charge in [-0.3, -0.25) is 9.59 Å². The highest BCUT2D eigenvalue weighted by molar-refractivity contribution is 6.33. The lowest BCUT2D eigenvalue weighted by Gasteiger charge is -2.36. The van der Waals surface area contributed by atoms with E-state index in [-0.39, 0.29) is 11.2 Å². The smallest absolute Gasteiger partial charge is 0.248 e. The first-order valence-corrected chi connectivity index (χ1v) is 9.92. The zero-order valence-corrected chi connectivity index (χ0v) is 16.6. The highest BCUT2D eigenvalue weighted by Crippen LogP contribution is 2.50. The number of primary amides is 1. The maximum atomic E-state index is 13.4. The summed E-state index contributed by atoms with van der Waals surface area (Å²) in [6, 6.07) is 7.44. The molecule has 6 nitrogen and oxygen atoms in total. The molecule has 2 N–H and O–H groups in total. The van der Waals surface area contributed by atoms with Crippen molar-refractivity contribution in [1.29, 1.82) is 0 Å². The summed E-state index contributed by atoms with van der Waals surface area (Å²) in [5.41, 5.74) is 11.1. The number of carbonyl (C=O) groups is 2. The largest absolute Gasteiger partial charge is 0.378 e. The number of fused-ring (bicyclic) bond motifs is 3. The van der Waals surface area contributed by atoms with Gasteiger partial charge in [-0.25, -0.2) is 4.98 Å². The van der Waals surface area contributed by atoms with Gasteiger partial charge in [-0.15, -0.1) is 0 Å². The number of rotatable bonds is 2. The minimum atomic E-state index is -0.453. The fourth-order valence-corrected chi connectivity index (χ4v) is 4.78. The minimum absolute atomic E-state index is 0.0147. The molecular formula is C23H23N3O3. The lowest BCUT2D eigenvalue weighted by atomic mass is 9.69. The molecule has 0 unspecified atom stereocenters. The summed E-state index contributed by atoms with van der Waals surface area (Å²) in [5.74, 6) is 0.454. The Morgan fingerprint density at radius 2 is 1.93 bits per heavy atom. The van der Waals surface area contributed by atoms with E-state index >= 15 is 0 Å². The molecule has 2 heterocycles. The molecule has 29 heavy (non-hydrogen) atoms. The summed E-state index contributed by atoms with van der Waals surface area (Å²) in [4.78, 5) is 31.8. The van der Waals surface area contributed by atoms with Gasteiger partial charge >= 0.3 is 0 Å². The molecule has 0 radical (unpaired) electrons. The van der Waals surface area contributed by atoms with E-state index < -0.39 is 5.91 Å². The van der Waals surface area contributed by atoms with Crippen molar-refractivity contribution in [3.05, 3.63) is 63.9 Å². The first kappa shape index (κ1) is 18.1. The van der Waals surface area contributed by atoms with Gasteiger partial charge in [0.1, 0.15) is 5.82 Å². The molecule has 0 atom stereocenters. The lowest BCUT2D eigenvalue weighted by Crippen LogP contribution is -2.37. The van der Waals surface area contributed by atoms with Gasteiger partial charge in [0.15, 0.2) is 5.78 Å². The van der Waals surface area contributed by atoms with Crippen LogP contribution in [0.15, 0.2) is 36.0 Å². The van der Waals surface area contributed by atoms with Crippen LogP contribution in [0, 0.1) is 0 Å². The van der Waals surface area contributed by atoms with Gasteiger partial charge in [0, 0.05) is 41.4 Å². The number of aromatic nitrogens is 1. The van der Waals surface area contributed by atoms with E-state index in [9.17, 15) is 9.59 Å². The van der Waals surface area contributed by atoms with Crippen molar-refractivity contribution in [2.24, 2.45) is 5.73 Å². The van der Waals surface area contributed by atoms with Gasteiger partial charge in [0.2, 0.25) is 5.91 Å². The molecule has 1 saturated heterocycles. The van der Waals surface area contributed by atoms with Crippen molar-refractivity contribution in [3.8, 4) is 0 Å². The molecule has 2 aliphatic carbocycles. The molecule has 3 aliphatic rings. The predicted molar refractivity (Wildman–Crippen MR) is 110 cm³/mol. The second-order valence-electron chi connectivity index (χ2n) is 8.41. The molecule has 0 bridgehead atoms. The number of nitrogens with zero attached hydrogens (tertiary/aromatic N) is 2. The summed E-state index contributed by atoms with van der Waals surface area (Å²) >= 11 is 0. The van der Waals surface area contributed by atoms with E-state index in [1.807, 2.05) is 12.1 Å². The van der Waals surface area contributed by atoms with Gasteiger partial charge in [0.25, 0.3) is 0 Å². The Balaban J connectivity index is 1.60. The van der Waals surface area contributed by atoms with E-state index in [0.29, 0.717) is 30.8 Å². The fraction of sp³-hybridized carbons (Fsp3) is 0.348. The third-order valence-electron chi connectivity index (χ3n) is 6.45. The van der Waals surface area contributed by atoms with E-state index in [1.54, 1.807) is 12.3 Å². The van der Waals surface area contributed by atoms with E-state index in [1.165, 1.54) is 0 Å². The second-order valence-corrected chi connectivity index (χ2v) is 8.41. The Labute approximate surface area is 169 Å². The zero-order chi connectivity index (χ0) is 20.3. The fourth-order valence-electron chi connectivity index (χ4n) is 4.78. The molecule has 148 valence electrons. The molecule has 0 spiro atoms. The van der Waals surface area contributed by atoms with Gasteiger partial charge in [0.05, 0.1) is 13.2 Å². The van der Waals surface area contributed by atoms with Crippen LogP contribution in [0.5, 0.6) is 0 Å². The van der Waals surface area contributed by atoms with Crippen LogP contribution in [0.4, 0.5) is 5.82 Å². The van der Waals surface area contributed by atoms with Crippen LogP contribution in [0.25, 0.3) is 5.57 Å². The molecule has 1 fully saturated rings. The van der Waals surface area contributed by atoms with Crippen molar-refractivity contribution in [1.82, 2.24) is 4.98 Å². The first-order chi connectivity index (χ1) is 13.9. The maximum Gasteiger partial charge on any atom is 0.248 e. The quantitative estimate of drug-likeness (QED) is 0.853. The Morgan fingerprint density at radius 3 is 2.66 bits per heavy atom. The summed E-state index contributed by atoms with van der Waals surface area (Å²) in [5, 5.41) is 0. The number of ether oxygens (including phenoxy) is 1. The number of hydrogen-bond donors (Lipinski definition) is 1. The molecule has 1 aromatic carbocycles. The van der Waals surface area contributed by atoms with Crippen molar-refractivity contribution in [3.63, 3.8) is 0 Å². The van der Waals surface area contributed by atoms with Crippen LogP contribution in [-0.2, 0) is 16.6 Å². The molecule has 6 heteroatoms. The maximum absolute atomic E-state index is 13.4. The zero-order valence-electron chi connectivity index (χ0n) is 16.6. The van der Waals surface area contributed by atoms with Gasteiger partial charge in [-0.2, -0.15) is 0 Å². The Morgan fingerprint density at radius 1 is 1.17 bits per heavy atom. The standard InChI is InChI=1S/C23H23N3O3/c1-23(2)17-11-19(26-5-7-29-8-6-26)25-12-16(17)21(27)20-15-4-3-13(22(24)28)9-14(15)10-18(20)23/h3-4,9,11-12H,5-8,10H2,1-2H3,(H2,24,28). The third kappa shape index (κ3) is 2.63. The monoisotopic (exact) mass is 389 g/mol. The number of carbonyl (C=O) groups excluding carboxylic acids is 2. The summed E-state index contributed by atoms with van der Waals surface area (Å²) < 4.78 is 5.45. The summed E-state index contributed by atoms with van der Waals surface area (Å²) in [6.45, 7) is 7.31. The first-order valence-electron chi connectivity index (χ1n) is 9.92. The van der Waals surface area contributed by atoms with Crippen molar-refractivity contribution >= 4 is 23.1 Å². The van der Waals surface area contributed by atoms with Crippen molar-refractivity contribution in [2.75, 3.05) is 31.2 Å². The molecule has 0 saturated carbocycles. The molecule has 5 rings (SSSR count). The average Bonchev–Trinajstić information content (AvgIpc) is 3.12. The van der Waals surface area contributed by atoms with E-state index in [4.69, 9.17) is 10.5 Å². The number of morpholine rings is 1. The SMILES string of the molecule is CC1(C)C2=C(C(=O)c3cnc(N4CCOCC4)cc31)c1ccc(C(N)=O)cc1C2. The molecule has 1 aliphatic heterocycles. The number of ketones is 1. The highest BCUT2D eigenvalue weighted by Gasteiger charge is 2.43. The molecule has 1 aromatic heterocycles. The number of anilines is 1. The normalized spacial score (nSPS) is 19.7. The minimum Gasteiger partial charge on any atom is -0.378 e. The van der Waals surface area contributed by atoms with Crippen LogP contribution in [-0.4, -0.2) is 43.0 Å². The summed E-state index contributed by atoms with van der Waals surface area (Å²) in [6.07, 6.45) is 2.38. The number of nitrogens with two attached hydrogens (primary N) is 1. The molecular weight excluding hydrogens is 366 g/mol. The van der Waals surface area contributed by atoms with Crippen molar-refractivity contribution < 1.29 is 14.3 Å². The van der Waals surface area contributed by atoms with Gasteiger partial charge < -0.3 is 15.4 Å². The van der Waals surface area contributed by atoms with Gasteiger partial charge in [-0.05, 0) is 46.9 Å². The van der Waals surface area contributed by atoms with Crippen LogP contribution < -0.4 is 10.6 Å². The lowest BCUT2D eigenvalue weighted by molar-refractivity contribution is 0.0999. The number of allylic oxidation sites excluding steroid dienone is 2. The Kier molecular flexibility index (Phi) is 3.90. The van der Waals surface area contributed by atoms with Gasteiger partial charge in [-0.1, -0.05) is 19.9 Å². The average molecular weight is 389 g/mol. The Hall–Kier alpha value is -2.99. The molecule has 1 amide bonds. The van der Waals surface area contributed by atoms with Crippen LogP contribution in [0.2, 0.25) is 0 Å². The number of pyridine rings is 1. The van der Waals surface area contributed by atoms with E-state index in [0.717, 1.165) is 46.7 Å². The summed E-state index contributed by atoms with van der Waals surface area (Å²) in [7, 11) is 0. The highest BCUT2D eigenvalue weighted by atomic mass is 16.5. The number of Topliss-reactive ketones (excluding diaryl/α,β-unsaturated/α-hetero) is 1. The number of benzene rings is 1. The van der Waals surface area contributed by atoms with Crippen LogP contribution >= 0.6 is 0 Å². The second kappa shape index (κ2) is 6.26. The topological polar surface area (TPSA) is 85.5 Å². The van der Waals surface area contributed by atoms with E-state index in [2.05, 4.69) is 29.8 Å². The third-order valence-corrected chi connectivity index (χ3v) is 6.45.